The number of fused-ring (bicyclic) bond motifs is 8. The van der Waals surface area contributed by atoms with Gasteiger partial charge in [0.15, 0.2) is 0 Å². The Morgan fingerprint density at radius 3 is 2.12 bits per heavy atom. The Labute approximate surface area is 301 Å². The second kappa shape index (κ2) is 12.0. The van der Waals surface area contributed by atoms with E-state index in [2.05, 4.69) is 140 Å². The highest BCUT2D eigenvalue weighted by Gasteiger charge is 2.50. The SMILES string of the molecule is C=CCOc1c(C2CC(C)(C)C=C3C([SiH](CC)CC)=c4c(c5c(c6c4=CC(C)(C)CC6)C(C)(C)C=CC5(C)C)C32)cc(C)cc1C(C)(C)C. The molecule has 0 bridgehead atoms. The lowest BCUT2D eigenvalue weighted by Gasteiger charge is -2.45. The van der Waals surface area contributed by atoms with Gasteiger partial charge in [-0.1, -0.05) is 162 Å². The van der Waals surface area contributed by atoms with Crippen LogP contribution < -0.4 is 15.2 Å². The van der Waals surface area contributed by atoms with Crippen molar-refractivity contribution in [3.05, 3.63) is 98.0 Å². The topological polar surface area (TPSA) is 9.23 Å². The van der Waals surface area contributed by atoms with E-state index in [1.807, 2.05) is 6.08 Å². The lowest BCUT2D eigenvalue weighted by atomic mass is 9.59. The molecule has 4 aliphatic carbocycles. The standard InChI is InChI=1S/C47H66OSi/c1-16-23-48-41-31(24-29(4)25-35(41)43(5,6)7)33-27-45(10,11)28-34-36(33)38-37(42(34)49(17-2)18-3)32-26-44(8,9)20-19-30(32)39-40(38)47(14,15)22-21-46(39,12)13/h16,21-22,24-26,28,33,36,49H,1,17-20,23,27H2,2-15H3. The van der Waals surface area contributed by atoms with E-state index < -0.39 is 8.80 Å². The van der Waals surface area contributed by atoms with Gasteiger partial charge in [0.25, 0.3) is 0 Å². The number of hydrogen-bond donors (Lipinski definition) is 0. The van der Waals surface area contributed by atoms with Crippen LogP contribution in [0.25, 0.3) is 11.3 Å². The first-order chi connectivity index (χ1) is 22.7. The third-order valence-corrected chi connectivity index (χ3v) is 16.0. The number of ether oxygens (including phenoxy) is 1. The van der Waals surface area contributed by atoms with Crippen LogP contribution in [0.2, 0.25) is 12.1 Å². The normalized spacial score (nSPS) is 24.0. The first-order valence-corrected chi connectivity index (χ1v) is 21.7. The molecule has 4 aliphatic rings. The van der Waals surface area contributed by atoms with Crippen molar-refractivity contribution in [2.24, 2.45) is 10.8 Å². The van der Waals surface area contributed by atoms with Gasteiger partial charge < -0.3 is 4.74 Å². The zero-order valence-corrected chi connectivity index (χ0v) is 34.8. The Morgan fingerprint density at radius 2 is 1.53 bits per heavy atom. The lowest BCUT2D eigenvalue weighted by molar-refractivity contribution is 0.316. The Morgan fingerprint density at radius 1 is 0.898 bits per heavy atom. The number of allylic oxidation sites excluding steroid dienone is 4. The van der Waals surface area contributed by atoms with E-state index >= 15 is 0 Å². The monoisotopic (exact) mass is 674 g/mol. The van der Waals surface area contributed by atoms with E-state index in [0.29, 0.717) is 18.4 Å². The van der Waals surface area contributed by atoms with Gasteiger partial charge in [0.05, 0.1) is 8.80 Å². The molecule has 0 saturated carbocycles. The first-order valence-electron chi connectivity index (χ1n) is 19.5. The fraction of sp³-hybridized carbons (Fsp3) is 0.574. The highest BCUT2D eigenvalue weighted by Crippen LogP contribution is 2.59. The van der Waals surface area contributed by atoms with Crippen molar-refractivity contribution >= 4 is 20.1 Å². The van der Waals surface area contributed by atoms with Crippen LogP contribution in [-0.4, -0.2) is 15.4 Å². The van der Waals surface area contributed by atoms with Crippen LogP contribution in [0.15, 0.2) is 48.6 Å². The van der Waals surface area contributed by atoms with Crippen LogP contribution in [0.3, 0.4) is 0 Å². The molecule has 0 fully saturated rings. The van der Waals surface area contributed by atoms with Crippen molar-refractivity contribution in [3.63, 3.8) is 0 Å². The predicted octanol–water partition coefficient (Wildman–Crippen LogP) is 10.9. The molecule has 49 heavy (non-hydrogen) atoms. The number of rotatable bonds is 7. The third-order valence-electron chi connectivity index (χ3n) is 12.6. The molecule has 0 aromatic heterocycles. The zero-order chi connectivity index (χ0) is 36.1. The van der Waals surface area contributed by atoms with Crippen LogP contribution >= 0.6 is 0 Å². The summed E-state index contributed by atoms with van der Waals surface area (Å²) in [6.07, 6.45) is 16.0. The molecule has 2 atom stereocenters. The number of hydrogen-bond acceptors (Lipinski definition) is 1. The Kier molecular flexibility index (Phi) is 8.87. The van der Waals surface area contributed by atoms with Crippen LogP contribution in [0.1, 0.15) is 154 Å². The van der Waals surface area contributed by atoms with Gasteiger partial charge in [-0.05, 0) is 92.2 Å². The summed E-state index contributed by atoms with van der Waals surface area (Å²) in [6.45, 7) is 38.8. The third kappa shape index (κ3) is 6.00. The summed E-state index contributed by atoms with van der Waals surface area (Å²) in [4.78, 5) is 0. The van der Waals surface area contributed by atoms with Crippen molar-refractivity contribution in [1.29, 1.82) is 0 Å². The smallest absolute Gasteiger partial charge is 0.127 e. The zero-order valence-electron chi connectivity index (χ0n) is 33.6. The molecule has 6 rings (SSSR count). The second-order valence-corrected chi connectivity index (χ2v) is 23.3. The minimum absolute atomic E-state index is 0.0112. The first kappa shape index (κ1) is 36.2. The molecule has 0 spiro atoms. The van der Waals surface area contributed by atoms with E-state index in [1.165, 1.54) is 41.6 Å². The van der Waals surface area contributed by atoms with Gasteiger partial charge in [-0.15, -0.1) is 0 Å². The molecule has 0 amide bonds. The van der Waals surface area contributed by atoms with Crippen molar-refractivity contribution in [2.75, 3.05) is 6.61 Å². The summed E-state index contributed by atoms with van der Waals surface area (Å²) in [7, 11) is -1.27. The van der Waals surface area contributed by atoms with Crippen LogP contribution in [-0.2, 0) is 22.7 Å². The van der Waals surface area contributed by atoms with E-state index in [4.69, 9.17) is 4.74 Å². The van der Waals surface area contributed by atoms with Crippen molar-refractivity contribution in [3.8, 4) is 5.75 Å². The molecule has 264 valence electrons. The summed E-state index contributed by atoms with van der Waals surface area (Å²) in [5.41, 5.74) is 12.5. The highest BCUT2D eigenvalue weighted by molar-refractivity contribution is 6.79. The van der Waals surface area contributed by atoms with Gasteiger partial charge in [-0.3, -0.25) is 0 Å². The minimum atomic E-state index is -1.27. The molecular weight excluding hydrogens is 609 g/mol. The maximum Gasteiger partial charge on any atom is 0.127 e. The summed E-state index contributed by atoms with van der Waals surface area (Å²) >= 11 is 0. The highest BCUT2D eigenvalue weighted by atomic mass is 28.3. The fourth-order valence-electron chi connectivity index (χ4n) is 10.3. The van der Waals surface area contributed by atoms with Gasteiger partial charge in [0.1, 0.15) is 12.4 Å². The quantitative estimate of drug-likeness (QED) is 0.210. The van der Waals surface area contributed by atoms with Gasteiger partial charge in [-0.2, -0.15) is 0 Å². The molecule has 2 aromatic rings. The van der Waals surface area contributed by atoms with Gasteiger partial charge >= 0.3 is 0 Å². The van der Waals surface area contributed by atoms with Gasteiger partial charge in [0.2, 0.25) is 0 Å². The molecule has 0 saturated heterocycles. The summed E-state index contributed by atoms with van der Waals surface area (Å²) < 4.78 is 6.82. The molecule has 2 aromatic carbocycles. The Balaban J connectivity index is 1.84. The molecule has 0 heterocycles. The molecule has 2 unspecified atom stereocenters. The average molecular weight is 675 g/mol. The van der Waals surface area contributed by atoms with Gasteiger partial charge in [-0.25, -0.2) is 0 Å². The molecule has 0 aliphatic heterocycles. The van der Waals surface area contributed by atoms with E-state index in [9.17, 15) is 0 Å². The van der Waals surface area contributed by atoms with Crippen LogP contribution in [0, 0.1) is 17.8 Å². The summed E-state index contributed by atoms with van der Waals surface area (Å²) in [5.74, 6) is 1.75. The largest absolute Gasteiger partial charge is 0.489 e. The van der Waals surface area contributed by atoms with Crippen LogP contribution in [0.5, 0.6) is 5.75 Å². The molecule has 0 radical (unpaired) electrons. The van der Waals surface area contributed by atoms with Crippen molar-refractivity contribution in [1.82, 2.24) is 0 Å². The summed E-state index contributed by atoms with van der Waals surface area (Å²) in [5, 5.41) is 5.08. The Bertz CT molecular complexity index is 1880. The summed E-state index contributed by atoms with van der Waals surface area (Å²) in [6, 6.07) is 7.49. The lowest BCUT2D eigenvalue weighted by Crippen LogP contribution is -2.46. The fourth-order valence-corrected chi connectivity index (χ4v) is 13.2. The molecule has 2 heteroatoms. The number of aryl methyl sites for hydroxylation is 1. The second-order valence-electron chi connectivity index (χ2n) is 19.7. The molecule has 1 nitrogen and oxygen atoms in total. The van der Waals surface area contributed by atoms with Crippen molar-refractivity contribution in [2.45, 2.75) is 156 Å². The average Bonchev–Trinajstić information content (AvgIpc) is 3.31. The minimum Gasteiger partial charge on any atom is -0.489 e. The number of benzene rings is 2. The maximum absolute atomic E-state index is 6.82. The Hall–Kier alpha value is -2.58. The van der Waals surface area contributed by atoms with E-state index in [-0.39, 0.29) is 27.1 Å². The van der Waals surface area contributed by atoms with Crippen LogP contribution in [0.4, 0.5) is 0 Å². The van der Waals surface area contributed by atoms with E-state index in [0.717, 1.165) is 12.2 Å². The van der Waals surface area contributed by atoms with E-state index in [1.54, 1.807) is 43.5 Å². The predicted molar refractivity (Wildman–Crippen MR) is 217 cm³/mol. The van der Waals surface area contributed by atoms with Gasteiger partial charge in [0, 0.05) is 22.3 Å². The molecular formula is C47H66OSi. The maximum atomic E-state index is 6.82. The molecule has 0 N–H and O–H groups in total. The van der Waals surface area contributed by atoms with Crippen molar-refractivity contribution < 1.29 is 4.74 Å².